The first-order valence-electron chi connectivity index (χ1n) is 8.89. The van der Waals surface area contributed by atoms with Crippen molar-refractivity contribution in [2.75, 3.05) is 23.7 Å². The van der Waals surface area contributed by atoms with E-state index in [1.165, 1.54) is 6.92 Å². The van der Waals surface area contributed by atoms with Crippen molar-refractivity contribution in [2.45, 2.75) is 20.4 Å². The molecular formula is C20H23N4O3+. The lowest BCUT2D eigenvalue weighted by atomic mass is 10.2. The molecule has 7 nitrogen and oxygen atoms in total. The van der Waals surface area contributed by atoms with Crippen LogP contribution in [0.2, 0.25) is 0 Å². The number of fused-ring (bicyclic) bond motifs is 1. The van der Waals surface area contributed by atoms with Gasteiger partial charge in [0.1, 0.15) is 5.52 Å². The number of oxazole rings is 1. The molecule has 3 rings (SSSR count). The molecule has 0 aliphatic heterocycles. The van der Waals surface area contributed by atoms with Crippen molar-refractivity contribution < 1.29 is 18.9 Å². The quantitative estimate of drug-likeness (QED) is 0.594. The molecule has 27 heavy (non-hydrogen) atoms. The molecule has 1 aromatic heterocycles. The molecule has 0 aliphatic carbocycles. The number of hydrogen-bond donors (Lipinski definition) is 3. The van der Waals surface area contributed by atoms with Gasteiger partial charge in [0.05, 0.1) is 6.54 Å². The van der Waals surface area contributed by atoms with Crippen molar-refractivity contribution in [1.29, 1.82) is 0 Å². The lowest BCUT2D eigenvalue weighted by Crippen LogP contribution is -3.11. The number of hydrogen-bond acceptors (Lipinski definition) is 4. The molecule has 3 N–H and O–H groups in total. The lowest BCUT2D eigenvalue weighted by molar-refractivity contribution is -0.905. The van der Waals surface area contributed by atoms with Crippen LogP contribution in [-0.2, 0) is 16.1 Å². The van der Waals surface area contributed by atoms with E-state index in [0.29, 0.717) is 30.4 Å². The van der Waals surface area contributed by atoms with Crippen LogP contribution in [0.15, 0.2) is 52.9 Å². The first-order valence-corrected chi connectivity index (χ1v) is 8.89. The number of likely N-dealkylation sites (N-methyl/N-ethyl adjacent to an activating group) is 1. The highest BCUT2D eigenvalue weighted by Crippen LogP contribution is 2.14. The number of benzene rings is 2. The lowest BCUT2D eigenvalue weighted by Gasteiger charge is -2.15. The number of aromatic nitrogens is 1. The average molecular weight is 367 g/mol. The molecule has 0 spiro atoms. The summed E-state index contributed by atoms with van der Waals surface area (Å²) in [7, 11) is 0. The molecule has 1 atom stereocenters. The Hall–Kier alpha value is -3.19. The predicted molar refractivity (Wildman–Crippen MR) is 103 cm³/mol. The summed E-state index contributed by atoms with van der Waals surface area (Å²) in [6.07, 6.45) is 0. The van der Waals surface area contributed by atoms with Gasteiger partial charge >= 0.3 is 0 Å². The Bertz CT molecular complexity index is 901. The summed E-state index contributed by atoms with van der Waals surface area (Å²) in [4.78, 5) is 28.9. The van der Waals surface area contributed by atoms with E-state index in [4.69, 9.17) is 4.42 Å². The Morgan fingerprint density at radius 1 is 1.04 bits per heavy atom. The Balaban J connectivity index is 1.57. The van der Waals surface area contributed by atoms with Gasteiger partial charge in [-0.1, -0.05) is 12.1 Å². The topological polar surface area (TPSA) is 88.7 Å². The van der Waals surface area contributed by atoms with Crippen LogP contribution in [0.1, 0.15) is 19.7 Å². The Morgan fingerprint density at radius 2 is 1.70 bits per heavy atom. The number of quaternary nitrogens is 1. The number of para-hydroxylation sites is 2. The summed E-state index contributed by atoms with van der Waals surface area (Å²) in [6, 6.07) is 14.6. The molecule has 0 bridgehead atoms. The molecule has 7 heteroatoms. The highest BCUT2D eigenvalue weighted by Gasteiger charge is 2.17. The van der Waals surface area contributed by atoms with Crippen LogP contribution >= 0.6 is 0 Å². The molecular weight excluding hydrogens is 344 g/mol. The second-order valence-corrected chi connectivity index (χ2v) is 6.34. The van der Waals surface area contributed by atoms with Gasteiger partial charge in [-0.05, 0) is 43.3 Å². The van der Waals surface area contributed by atoms with E-state index >= 15 is 0 Å². The van der Waals surface area contributed by atoms with Crippen molar-refractivity contribution in [1.82, 2.24) is 4.98 Å². The van der Waals surface area contributed by atoms with E-state index in [9.17, 15) is 9.59 Å². The summed E-state index contributed by atoms with van der Waals surface area (Å²) in [5, 5.41) is 5.57. The van der Waals surface area contributed by atoms with Crippen LogP contribution in [0.25, 0.3) is 11.1 Å². The molecule has 3 aromatic rings. The van der Waals surface area contributed by atoms with E-state index in [1.807, 2.05) is 31.2 Å². The summed E-state index contributed by atoms with van der Waals surface area (Å²) < 4.78 is 5.75. The second kappa shape index (κ2) is 8.46. The van der Waals surface area contributed by atoms with Crippen molar-refractivity contribution in [3.63, 3.8) is 0 Å². The fourth-order valence-corrected chi connectivity index (χ4v) is 2.79. The van der Waals surface area contributed by atoms with E-state index in [-0.39, 0.29) is 11.8 Å². The molecule has 0 aliphatic rings. The SMILES string of the molecule is CC[NH+](CC(=O)Nc1ccc(NC(C)=O)cc1)Cc1nc2ccccc2o1. The third kappa shape index (κ3) is 5.15. The first-order chi connectivity index (χ1) is 13.0. The number of carbonyl (C=O) groups is 2. The van der Waals surface area contributed by atoms with Crippen LogP contribution < -0.4 is 15.5 Å². The van der Waals surface area contributed by atoms with Crippen molar-refractivity contribution >= 4 is 34.3 Å². The summed E-state index contributed by atoms with van der Waals surface area (Å²) in [5.41, 5.74) is 2.96. The number of nitrogens with zero attached hydrogens (tertiary/aromatic N) is 1. The van der Waals surface area contributed by atoms with Gasteiger partial charge in [-0.15, -0.1) is 0 Å². The highest BCUT2D eigenvalue weighted by atomic mass is 16.3. The van der Waals surface area contributed by atoms with Gasteiger partial charge in [0.25, 0.3) is 11.8 Å². The molecule has 0 saturated carbocycles. The molecule has 2 amide bonds. The zero-order valence-electron chi connectivity index (χ0n) is 15.4. The normalized spacial score (nSPS) is 11.9. The fraction of sp³-hybridized carbons (Fsp3) is 0.250. The molecule has 2 aromatic carbocycles. The van der Waals surface area contributed by atoms with Gasteiger partial charge in [0.2, 0.25) is 5.91 Å². The monoisotopic (exact) mass is 367 g/mol. The van der Waals surface area contributed by atoms with Crippen molar-refractivity contribution in [3.8, 4) is 0 Å². The van der Waals surface area contributed by atoms with Crippen LogP contribution in [0.5, 0.6) is 0 Å². The van der Waals surface area contributed by atoms with E-state index in [2.05, 4.69) is 15.6 Å². The molecule has 140 valence electrons. The Labute approximate surface area is 157 Å². The van der Waals surface area contributed by atoms with Crippen LogP contribution in [-0.4, -0.2) is 29.9 Å². The maximum Gasteiger partial charge on any atom is 0.279 e. The molecule has 1 heterocycles. The molecule has 1 unspecified atom stereocenters. The highest BCUT2D eigenvalue weighted by molar-refractivity contribution is 5.92. The maximum atomic E-state index is 12.4. The second-order valence-electron chi connectivity index (χ2n) is 6.34. The fourth-order valence-electron chi connectivity index (χ4n) is 2.79. The molecule has 0 radical (unpaired) electrons. The number of anilines is 2. The third-order valence-electron chi connectivity index (χ3n) is 4.14. The first kappa shape index (κ1) is 18.6. The van der Waals surface area contributed by atoms with Crippen LogP contribution in [0.4, 0.5) is 11.4 Å². The summed E-state index contributed by atoms with van der Waals surface area (Å²) >= 11 is 0. The van der Waals surface area contributed by atoms with Crippen molar-refractivity contribution in [2.24, 2.45) is 0 Å². The van der Waals surface area contributed by atoms with Gasteiger partial charge in [0, 0.05) is 18.3 Å². The number of rotatable bonds is 7. The van der Waals surface area contributed by atoms with E-state index in [1.54, 1.807) is 24.3 Å². The number of carbonyl (C=O) groups excluding carboxylic acids is 2. The minimum absolute atomic E-state index is 0.0877. The summed E-state index contributed by atoms with van der Waals surface area (Å²) in [5.74, 6) is 0.406. The van der Waals surface area contributed by atoms with Crippen LogP contribution in [0.3, 0.4) is 0 Å². The van der Waals surface area contributed by atoms with E-state index < -0.39 is 0 Å². The Kier molecular flexibility index (Phi) is 5.83. The number of amides is 2. The van der Waals surface area contributed by atoms with E-state index in [0.717, 1.165) is 22.5 Å². The van der Waals surface area contributed by atoms with Gasteiger partial charge < -0.3 is 20.0 Å². The maximum absolute atomic E-state index is 12.4. The zero-order chi connectivity index (χ0) is 19.2. The molecule has 0 fully saturated rings. The van der Waals surface area contributed by atoms with Gasteiger partial charge in [-0.2, -0.15) is 0 Å². The average Bonchev–Trinajstić information content (AvgIpc) is 3.04. The number of nitrogens with one attached hydrogen (secondary N) is 3. The smallest absolute Gasteiger partial charge is 0.279 e. The largest absolute Gasteiger partial charge is 0.435 e. The van der Waals surface area contributed by atoms with Crippen LogP contribution in [0, 0.1) is 0 Å². The standard InChI is InChI=1S/C20H22N4O3/c1-3-24(13-20-23-17-6-4-5-7-18(17)27-20)12-19(26)22-16-10-8-15(9-11-16)21-14(2)25/h4-11H,3,12-13H2,1-2H3,(H,21,25)(H,22,26)/p+1. The van der Waals surface area contributed by atoms with Crippen molar-refractivity contribution in [3.05, 3.63) is 54.4 Å². The predicted octanol–water partition coefficient (Wildman–Crippen LogP) is 1.83. The zero-order valence-corrected chi connectivity index (χ0v) is 15.4. The van der Waals surface area contributed by atoms with Gasteiger partial charge in [-0.25, -0.2) is 4.98 Å². The summed E-state index contributed by atoms with van der Waals surface area (Å²) in [6.45, 7) is 5.10. The van der Waals surface area contributed by atoms with Gasteiger partial charge in [-0.3, -0.25) is 9.59 Å². The molecule has 0 saturated heterocycles. The Morgan fingerprint density at radius 3 is 2.33 bits per heavy atom. The minimum Gasteiger partial charge on any atom is -0.435 e. The minimum atomic E-state index is -0.131. The third-order valence-corrected chi connectivity index (χ3v) is 4.14. The van der Waals surface area contributed by atoms with Gasteiger partial charge in [0.15, 0.2) is 18.7 Å².